The van der Waals surface area contributed by atoms with Crippen LogP contribution in [0, 0.1) is 0 Å². The maximum absolute atomic E-state index is 12.2. The number of carbonyl (C=O) groups excluding carboxylic acids is 1. The number of benzene rings is 1. The Hall–Kier alpha value is -1.97. The zero-order chi connectivity index (χ0) is 13.9. The predicted octanol–water partition coefficient (Wildman–Crippen LogP) is 2.83. The average molecular weight is 273 g/mol. The van der Waals surface area contributed by atoms with E-state index in [0.717, 1.165) is 36.4 Å². The largest absolute Gasteiger partial charge is 0.454 e. The van der Waals surface area contributed by atoms with E-state index in [1.807, 2.05) is 29.2 Å². The molecule has 0 aromatic heterocycles. The van der Waals surface area contributed by atoms with Gasteiger partial charge in [-0.3, -0.25) is 4.79 Å². The van der Waals surface area contributed by atoms with Crippen LogP contribution in [0.4, 0.5) is 0 Å². The van der Waals surface area contributed by atoms with E-state index in [-0.39, 0.29) is 12.7 Å². The number of hydrogen-bond acceptors (Lipinski definition) is 3. The van der Waals surface area contributed by atoms with Gasteiger partial charge >= 0.3 is 0 Å². The van der Waals surface area contributed by atoms with Crippen molar-refractivity contribution in [3.8, 4) is 11.5 Å². The lowest BCUT2D eigenvalue weighted by atomic mass is 10.0. The first-order chi connectivity index (χ1) is 9.74. The highest BCUT2D eigenvalue weighted by Crippen LogP contribution is 2.32. The Morgan fingerprint density at radius 1 is 1.30 bits per heavy atom. The molecule has 0 spiro atoms. The molecule has 0 aliphatic carbocycles. The second-order valence-corrected chi connectivity index (χ2v) is 5.32. The van der Waals surface area contributed by atoms with Gasteiger partial charge in [0.2, 0.25) is 12.7 Å². The summed E-state index contributed by atoms with van der Waals surface area (Å²) in [5.41, 5.74) is 0.951. The summed E-state index contributed by atoms with van der Waals surface area (Å²) in [6.07, 6.45) is 6.92. The van der Waals surface area contributed by atoms with E-state index in [4.69, 9.17) is 9.47 Å². The fourth-order valence-corrected chi connectivity index (χ4v) is 2.71. The van der Waals surface area contributed by atoms with Gasteiger partial charge in [0.15, 0.2) is 11.5 Å². The van der Waals surface area contributed by atoms with Gasteiger partial charge in [0, 0.05) is 18.7 Å². The lowest BCUT2D eigenvalue weighted by molar-refractivity contribution is -0.129. The molecule has 3 rings (SSSR count). The van der Waals surface area contributed by atoms with Crippen LogP contribution in [-0.2, 0) is 4.79 Å². The fraction of sp³-hybridized carbons (Fsp3) is 0.438. The molecule has 4 heteroatoms. The van der Waals surface area contributed by atoms with Crippen LogP contribution in [0.25, 0.3) is 6.08 Å². The van der Waals surface area contributed by atoms with Crippen LogP contribution in [0.2, 0.25) is 0 Å². The van der Waals surface area contributed by atoms with Crippen LogP contribution in [-0.4, -0.2) is 30.2 Å². The van der Waals surface area contributed by atoms with Crippen molar-refractivity contribution in [2.45, 2.75) is 32.2 Å². The number of amides is 1. The van der Waals surface area contributed by atoms with Crippen molar-refractivity contribution in [3.05, 3.63) is 29.8 Å². The molecular weight excluding hydrogens is 254 g/mol. The molecule has 1 saturated heterocycles. The Bertz CT molecular complexity index is 539. The van der Waals surface area contributed by atoms with Gasteiger partial charge in [0.1, 0.15) is 0 Å². The normalized spacial score (nSPS) is 21.4. The van der Waals surface area contributed by atoms with Gasteiger partial charge < -0.3 is 14.4 Å². The Morgan fingerprint density at radius 3 is 3.00 bits per heavy atom. The molecule has 1 amide bonds. The van der Waals surface area contributed by atoms with Gasteiger partial charge in [-0.1, -0.05) is 6.07 Å². The molecule has 0 N–H and O–H groups in total. The topological polar surface area (TPSA) is 38.8 Å². The first kappa shape index (κ1) is 13.0. The molecule has 0 radical (unpaired) electrons. The van der Waals surface area contributed by atoms with Crippen LogP contribution in [0.3, 0.4) is 0 Å². The lowest BCUT2D eigenvalue weighted by Crippen LogP contribution is -2.41. The second kappa shape index (κ2) is 5.57. The summed E-state index contributed by atoms with van der Waals surface area (Å²) < 4.78 is 10.6. The molecule has 1 aromatic carbocycles. The van der Waals surface area contributed by atoms with E-state index >= 15 is 0 Å². The lowest BCUT2D eigenvalue weighted by Gasteiger charge is -2.32. The summed E-state index contributed by atoms with van der Waals surface area (Å²) in [7, 11) is 0. The molecule has 2 heterocycles. The van der Waals surface area contributed by atoms with Crippen molar-refractivity contribution < 1.29 is 14.3 Å². The Morgan fingerprint density at radius 2 is 2.15 bits per heavy atom. The van der Waals surface area contributed by atoms with E-state index in [1.165, 1.54) is 6.42 Å². The van der Waals surface area contributed by atoms with Gasteiger partial charge in [-0.05, 0) is 50.0 Å². The van der Waals surface area contributed by atoms with E-state index in [0.29, 0.717) is 6.04 Å². The predicted molar refractivity (Wildman–Crippen MR) is 76.6 cm³/mol. The van der Waals surface area contributed by atoms with Crippen molar-refractivity contribution >= 4 is 12.0 Å². The SMILES string of the molecule is C[C@H]1CCCCN1C(=O)/C=C/c1ccc2c(c1)OCO2. The molecule has 0 bridgehead atoms. The molecular formula is C16H19NO3. The summed E-state index contributed by atoms with van der Waals surface area (Å²) in [5.74, 6) is 1.60. The third kappa shape index (κ3) is 2.64. The minimum atomic E-state index is 0.0925. The summed E-state index contributed by atoms with van der Waals surface area (Å²) in [5, 5.41) is 0. The Kier molecular flexibility index (Phi) is 3.63. The van der Waals surface area contributed by atoms with Crippen molar-refractivity contribution in [3.63, 3.8) is 0 Å². The van der Waals surface area contributed by atoms with Crippen molar-refractivity contribution in [1.82, 2.24) is 4.90 Å². The number of likely N-dealkylation sites (tertiary alicyclic amines) is 1. The number of carbonyl (C=O) groups is 1. The summed E-state index contributed by atoms with van der Waals surface area (Å²) >= 11 is 0. The number of hydrogen-bond donors (Lipinski definition) is 0. The van der Waals surface area contributed by atoms with Crippen molar-refractivity contribution in [2.24, 2.45) is 0 Å². The van der Waals surface area contributed by atoms with Gasteiger partial charge in [-0.25, -0.2) is 0 Å². The number of ether oxygens (including phenoxy) is 2. The number of piperidine rings is 1. The van der Waals surface area contributed by atoms with E-state index in [2.05, 4.69) is 6.92 Å². The maximum Gasteiger partial charge on any atom is 0.246 e. The molecule has 20 heavy (non-hydrogen) atoms. The highest BCUT2D eigenvalue weighted by atomic mass is 16.7. The summed E-state index contributed by atoms with van der Waals surface area (Å²) in [6, 6.07) is 6.04. The highest BCUT2D eigenvalue weighted by molar-refractivity contribution is 5.92. The van der Waals surface area contributed by atoms with E-state index < -0.39 is 0 Å². The minimum Gasteiger partial charge on any atom is -0.454 e. The highest BCUT2D eigenvalue weighted by Gasteiger charge is 2.21. The maximum atomic E-state index is 12.2. The van der Waals surface area contributed by atoms with Crippen molar-refractivity contribution in [2.75, 3.05) is 13.3 Å². The molecule has 1 atom stereocenters. The minimum absolute atomic E-state index is 0.0925. The van der Waals surface area contributed by atoms with Crippen LogP contribution >= 0.6 is 0 Å². The fourth-order valence-electron chi connectivity index (χ4n) is 2.71. The monoisotopic (exact) mass is 273 g/mol. The first-order valence-corrected chi connectivity index (χ1v) is 7.12. The van der Waals surface area contributed by atoms with Crippen LogP contribution in [0.5, 0.6) is 11.5 Å². The van der Waals surface area contributed by atoms with Crippen LogP contribution in [0.1, 0.15) is 31.7 Å². The summed E-state index contributed by atoms with van der Waals surface area (Å²) in [6.45, 7) is 3.25. The number of fused-ring (bicyclic) bond motifs is 1. The smallest absolute Gasteiger partial charge is 0.246 e. The zero-order valence-electron chi connectivity index (χ0n) is 11.7. The van der Waals surface area contributed by atoms with Gasteiger partial charge in [0.05, 0.1) is 0 Å². The van der Waals surface area contributed by atoms with Crippen molar-refractivity contribution in [1.29, 1.82) is 0 Å². The third-order valence-corrected chi connectivity index (χ3v) is 3.90. The zero-order valence-corrected chi connectivity index (χ0v) is 11.7. The molecule has 4 nitrogen and oxygen atoms in total. The van der Waals surface area contributed by atoms with Gasteiger partial charge in [0.25, 0.3) is 0 Å². The molecule has 2 aliphatic heterocycles. The third-order valence-electron chi connectivity index (χ3n) is 3.90. The van der Waals surface area contributed by atoms with Crippen LogP contribution in [0.15, 0.2) is 24.3 Å². The average Bonchev–Trinajstić information content (AvgIpc) is 2.92. The second-order valence-electron chi connectivity index (χ2n) is 5.32. The Balaban J connectivity index is 1.68. The number of rotatable bonds is 2. The standard InChI is InChI=1S/C16H19NO3/c1-12-4-2-3-9-17(12)16(18)8-6-13-5-7-14-15(10-13)20-11-19-14/h5-8,10,12H,2-4,9,11H2,1H3/b8-6+/t12-/m0/s1. The molecule has 1 aromatic rings. The first-order valence-electron chi connectivity index (χ1n) is 7.12. The molecule has 106 valence electrons. The van der Waals surface area contributed by atoms with E-state index in [9.17, 15) is 4.79 Å². The van der Waals surface area contributed by atoms with Gasteiger partial charge in [-0.2, -0.15) is 0 Å². The quantitative estimate of drug-likeness (QED) is 0.778. The van der Waals surface area contributed by atoms with Crippen LogP contribution < -0.4 is 9.47 Å². The molecule has 1 fully saturated rings. The molecule has 2 aliphatic rings. The van der Waals surface area contributed by atoms with E-state index in [1.54, 1.807) is 6.08 Å². The van der Waals surface area contributed by atoms with Gasteiger partial charge in [-0.15, -0.1) is 0 Å². The molecule has 0 saturated carbocycles. The number of nitrogens with zero attached hydrogens (tertiary/aromatic N) is 1. The molecule has 0 unspecified atom stereocenters. The summed E-state index contributed by atoms with van der Waals surface area (Å²) in [4.78, 5) is 14.2. The Labute approximate surface area is 119 Å².